The lowest BCUT2D eigenvalue weighted by atomic mass is 9.95. The number of aromatic nitrogens is 3. The molecule has 2 N–H and O–H groups in total. The topological polar surface area (TPSA) is 71.8 Å². The molecule has 1 aliphatic rings. The summed E-state index contributed by atoms with van der Waals surface area (Å²) in [5, 5.41) is 14.7. The van der Waals surface area contributed by atoms with Gasteiger partial charge in [-0.1, -0.05) is 31.1 Å². The monoisotopic (exact) mass is 325 g/mol. The molecule has 2 aromatic rings. The van der Waals surface area contributed by atoms with Crippen LogP contribution in [0.4, 0.5) is 11.4 Å². The van der Waals surface area contributed by atoms with Crippen LogP contribution in [0.1, 0.15) is 32.1 Å². The van der Waals surface area contributed by atoms with Crippen molar-refractivity contribution in [2.45, 2.75) is 38.1 Å². The van der Waals surface area contributed by atoms with Gasteiger partial charge in [0, 0.05) is 30.0 Å². The Morgan fingerprint density at radius 1 is 1.33 bits per heavy atom. The molecule has 0 spiro atoms. The third-order valence-electron chi connectivity index (χ3n) is 4.32. The number of anilines is 2. The largest absolute Gasteiger partial charge is 0.382 e. The molecule has 3 rings (SSSR count). The molecule has 1 aliphatic carbocycles. The molecular formula is C18H23N5O. The minimum absolute atomic E-state index is 0.229. The highest BCUT2D eigenvalue weighted by atomic mass is 16.1. The van der Waals surface area contributed by atoms with Crippen molar-refractivity contribution >= 4 is 17.3 Å². The molecule has 0 saturated heterocycles. The first-order chi connectivity index (χ1) is 11.7. The second-order valence-electron chi connectivity index (χ2n) is 6.21. The highest BCUT2D eigenvalue weighted by Gasteiger charge is 2.17. The van der Waals surface area contributed by atoms with Crippen LogP contribution in [-0.4, -0.2) is 26.9 Å². The van der Waals surface area contributed by atoms with Crippen LogP contribution in [0.2, 0.25) is 0 Å². The smallest absolute Gasteiger partial charge is 0.247 e. The summed E-state index contributed by atoms with van der Waals surface area (Å²) in [6.07, 6.45) is 9.37. The molecule has 0 bridgehead atoms. The zero-order valence-corrected chi connectivity index (χ0v) is 14.0. The van der Waals surface area contributed by atoms with Gasteiger partial charge in [-0.05, 0) is 37.1 Å². The van der Waals surface area contributed by atoms with Gasteiger partial charge in [0.25, 0.3) is 0 Å². The minimum atomic E-state index is -0.229. The van der Waals surface area contributed by atoms with Gasteiger partial charge in [-0.15, -0.1) is 5.10 Å². The van der Waals surface area contributed by atoms with E-state index in [-0.39, 0.29) is 5.91 Å². The van der Waals surface area contributed by atoms with Crippen LogP contribution in [0.25, 0.3) is 11.3 Å². The van der Waals surface area contributed by atoms with Gasteiger partial charge in [0.1, 0.15) is 5.69 Å². The summed E-state index contributed by atoms with van der Waals surface area (Å²) in [7, 11) is 1.84. The normalized spacial score (nSPS) is 15.0. The zero-order valence-electron chi connectivity index (χ0n) is 14.0. The van der Waals surface area contributed by atoms with Crippen molar-refractivity contribution in [2.75, 3.05) is 10.6 Å². The van der Waals surface area contributed by atoms with Crippen LogP contribution in [0.5, 0.6) is 0 Å². The van der Waals surface area contributed by atoms with Crippen molar-refractivity contribution in [1.29, 1.82) is 0 Å². The average molecular weight is 325 g/mol. The molecule has 1 heterocycles. The summed E-state index contributed by atoms with van der Waals surface area (Å²) < 4.78 is 1.68. The Hall–Kier alpha value is -2.63. The van der Waals surface area contributed by atoms with E-state index in [4.69, 9.17) is 0 Å². The van der Waals surface area contributed by atoms with Gasteiger partial charge in [0.05, 0.1) is 6.20 Å². The summed E-state index contributed by atoms with van der Waals surface area (Å²) in [4.78, 5) is 11.6. The molecule has 24 heavy (non-hydrogen) atoms. The molecule has 1 aromatic heterocycles. The quantitative estimate of drug-likeness (QED) is 0.827. The Morgan fingerprint density at radius 3 is 2.79 bits per heavy atom. The highest BCUT2D eigenvalue weighted by Crippen LogP contribution is 2.32. The molecule has 126 valence electrons. The van der Waals surface area contributed by atoms with Gasteiger partial charge in [-0.2, -0.15) is 0 Å². The second kappa shape index (κ2) is 7.29. The number of carbonyl (C=O) groups is 1. The molecular weight excluding hydrogens is 302 g/mol. The van der Waals surface area contributed by atoms with E-state index in [0.717, 1.165) is 22.6 Å². The van der Waals surface area contributed by atoms with Crippen LogP contribution in [-0.2, 0) is 11.8 Å². The number of hydrogen-bond acceptors (Lipinski definition) is 4. The van der Waals surface area contributed by atoms with Crippen molar-refractivity contribution in [2.24, 2.45) is 7.05 Å². The van der Waals surface area contributed by atoms with Crippen LogP contribution < -0.4 is 10.6 Å². The first-order valence-electron chi connectivity index (χ1n) is 8.36. The Morgan fingerprint density at radius 2 is 2.12 bits per heavy atom. The van der Waals surface area contributed by atoms with Crippen LogP contribution in [0.15, 0.2) is 37.1 Å². The van der Waals surface area contributed by atoms with Crippen molar-refractivity contribution in [3.05, 3.63) is 37.1 Å². The predicted molar refractivity (Wildman–Crippen MR) is 95.8 cm³/mol. The summed E-state index contributed by atoms with van der Waals surface area (Å²) in [5.41, 5.74) is 3.47. The maximum Gasteiger partial charge on any atom is 0.247 e. The summed E-state index contributed by atoms with van der Waals surface area (Å²) in [5.74, 6) is -0.229. The zero-order chi connectivity index (χ0) is 16.9. The van der Waals surface area contributed by atoms with Crippen LogP contribution in [0.3, 0.4) is 0 Å². The summed E-state index contributed by atoms with van der Waals surface area (Å²) >= 11 is 0. The average Bonchev–Trinajstić information content (AvgIpc) is 3.03. The molecule has 0 radical (unpaired) electrons. The number of nitrogens with one attached hydrogen (secondary N) is 2. The Labute approximate surface area is 141 Å². The van der Waals surface area contributed by atoms with Gasteiger partial charge >= 0.3 is 0 Å². The van der Waals surface area contributed by atoms with Gasteiger partial charge in [-0.3, -0.25) is 9.48 Å². The molecule has 1 aromatic carbocycles. The van der Waals surface area contributed by atoms with E-state index in [2.05, 4.69) is 27.5 Å². The fraction of sp³-hybridized carbons (Fsp3) is 0.389. The SMILES string of the molecule is C=CC(=O)Nc1ccc(NC2CCCCC2)c(-c2cn(C)nn2)c1. The van der Waals surface area contributed by atoms with Crippen molar-refractivity contribution in [1.82, 2.24) is 15.0 Å². The molecule has 6 heteroatoms. The maximum atomic E-state index is 11.6. The number of nitrogens with zero attached hydrogens (tertiary/aromatic N) is 3. The third kappa shape index (κ3) is 3.82. The van der Waals surface area contributed by atoms with E-state index >= 15 is 0 Å². The summed E-state index contributed by atoms with van der Waals surface area (Å²) in [6, 6.07) is 6.31. The maximum absolute atomic E-state index is 11.6. The van der Waals surface area contributed by atoms with E-state index in [1.165, 1.54) is 38.2 Å². The number of hydrogen-bond donors (Lipinski definition) is 2. The molecule has 0 unspecified atom stereocenters. The van der Waals surface area contributed by atoms with Gasteiger partial charge in [0.15, 0.2) is 0 Å². The second-order valence-corrected chi connectivity index (χ2v) is 6.21. The predicted octanol–water partition coefficient (Wildman–Crippen LogP) is 3.35. The standard InChI is InChI=1S/C18H23N5O/c1-3-18(24)20-14-9-10-16(19-13-7-5-4-6-8-13)15(11-14)17-12-23(2)22-21-17/h3,9-13,19H,1,4-8H2,2H3,(H,20,24). The van der Waals surface area contributed by atoms with Gasteiger partial charge < -0.3 is 10.6 Å². The molecule has 0 atom stereocenters. The molecule has 6 nitrogen and oxygen atoms in total. The molecule has 1 amide bonds. The fourth-order valence-electron chi connectivity index (χ4n) is 3.09. The Kier molecular flexibility index (Phi) is 4.93. The number of rotatable bonds is 5. The van der Waals surface area contributed by atoms with E-state index in [1.807, 2.05) is 31.4 Å². The minimum Gasteiger partial charge on any atom is -0.382 e. The van der Waals surface area contributed by atoms with Crippen LogP contribution >= 0.6 is 0 Å². The van der Waals surface area contributed by atoms with Gasteiger partial charge in [0.2, 0.25) is 5.91 Å². The molecule has 1 saturated carbocycles. The number of amides is 1. The van der Waals surface area contributed by atoms with E-state index < -0.39 is 0 Å². The van der Waals surface area contributed by atoms with Gasteiger partial charge in [-0.25, -0.2) is 0 Å². The number of benzene rings is 1. The van der Waals surface area contributed by atoms with E-state index in [9.17, 15) is 4.79 Å². The fourth-order valence-corrected chi connectivity index (χ4v) is 3.09. The van der Waals surface area contributed by atoms with E-state index in [0.29, 0.717) is 6.04 Å². The van der Waals surface area contributed by atoms with Crippen molar-refractivity contribution < 1.29 is 4.79 Å². The van der Waals surface area contributed by atoms with Crippen molar-refractivity contribution in [3.63, 3.8) is 0 Å². The summed E-state index contributed by atoms with van der Waals surface area (Å²) in [6.45, 7) is 3.49. The molecule has 0 aliphatic heterocycles. The lowest BCUT2D eigenvalue weighted by molar-refractivity contribution is -0.111. The number of carbonyl (C=O) groups excluding carboxylic acids is 1. The first kappa shape index (κ1) is 16.2. The lowest BCUT2D eigenvalue weighted by Crippen LogP contribution is -2.22. The lowest BCUT2D eigenvalue weighted by Gasteiger charge is -2.25. The first-order valence-corrected chi connectivity index (χ1v) is 8.36. The van der Waals surface area contributed by atoms with Crippen LogP contribution in [0, 0.1) is 0 Å². The van der Waals surface area contributed by atoms with Crippen molar-refractivity contribution in [3.8, 4) is 11.3 Å². The highest BCUT2D eigenvalue weighted by molar-refractivity contribution is 5.99. The molecule has 1 fully saturated rings. The van der Waals surface area contributed by atoms with E-state index in [1.54, 1.807) is 4.68 Å². The third-order valence-corrected chi connectivity index (χ3v) is 4.32. The Bertz CT molecular complexity index is 731. The number of aryl methyl sites for hydroxylation is 1. The Balaban J connectivity index is 1.91.